The highest BCUT2D eigenvalue weighted by molar-refractivity contribution is 7.07. The Morgan fingerprint density at radius 2 is 2.20 bits per heavy atom. The molecule has 0 bridgehead atoms. The molecule has 1 aromatic heterocycles. The fourth-order valence-electron chi connectivity index (χ4n) is 1.34. The molecule has 0 fully saturated rings. The Morgan fingerprint density at radius 1 is 1.53 bits per heavy atom. The van der Waals surface area contributed by atoms with E-state index in [-0.39, 0.29) is 17.2 Å². The number of aryl methyl sites for hydroxylation is 1. The fraction of sp³-hybridized carbons (Fsp3) is 0.583. The largest absolute Gasteiger partial charge is 0.321 e. The first-order chi connectivity index (χ1) is 6.91. The first-order valence-corrected chi connectivity index (χ1v) is 6.15. The third-order valence-electron chi connectivity index (χ3n) is 2.52. The Kier molecular flexibility index (Phi) is 4.05. The predicted molar refractivity (Wildman–Crippen MR) is 65.1 cm³/mol. The van der Waals surface area contributed by atoms with Crippen LogP contribution < -0.4 is 5.73 Å². The number of ketones is 1. The van der Waals surface area contributed by atoms with Crippen LogP contribution in [0, 0.1) is 5.41 Å². The van der Waals surface area contributed by atoms with Gasteiger partial charge in [0.2, 0.25) is 0 Å². The van der Waals surface area contributed by atoms with Gasteiger partial charge in [0.05, 0.1) is 6.04 Å². The minimum absolute atomic E-state index is 0.133. The monoisotopic (exact) mass is 225 g/mol. The van der Waals surface area contributed by atoms with Crippen molar-refractivity contribution < 1.29 is 4.79 Å². The van der Waals surface area contributed by atoms with Gasteiger partial charge in [-0.05, 0) is 34.2 Å². The lowest BCUT2D eigenvalue weighted by atomic mass is 9.83. The lowest BCUT2D eigenvalue weighted by Gasteiger charge is -2.25. The molecule has 0 saturated carbocycles. The summed E-state index contributed by atoms with van der Waals surface area (Å²) in [6, 6.07) is 1.71. The van der Waals surface area contributed by atoms with E-state index in [1.54, 1.807) is 11.3 Å². The Morgan fingerprint density at radius 3 is 2.67 bits per heavy atom. The average molecular weight is 225 g/mol. The minimum Gasteiger partial charge on any atom is -0.321 e. The number of hydrogen-bond acceptors (Lipinski definition) is 3. The number of thiophene rings is 1. The molecule has 0 aliphatic heterocycles. The summed E-state index contributed by atoms with van der Waals surface area (Å²) in [7, 11) is 0. The topological polar surface area (TPSA) is 43.1 Å². The van der Waals surface area contributed by atoms with Crippen LogP contribution in [0.25, 0.3) is 0 Å². The maximum Gasteiger partial charge on any atom is 0.150 e. The van der Waals surface area contributed by atoms with E-state index in [1.165, 1.54) is 5.56 Å². The van der Waals surface area contributed by atoms with Crippen molar-refractivity contribution in [3.63, 3.8) is 0 Å². The summed E-state index contributed by atoms with van der Waals surface area (Å²) in [6.07, 6.45) is 1.36. The van der Waals surface area contributed by atoms with Gasteiger partial charge in [-0.2, -0.15) is 11.3 Å². The third-order valence-corrected chi connectivity index (χ3v) is 3.25. The highest BCUT2D eigenvalue weighted by Gasteiger charge is 2.26. The maximum atomic E-state index is 11.8. The molecule has 15 heavy (non-hydrogen) atoms. The molecule has 1 aromatic rings. The Hall–Kier alpha value is -0.670. The summed E-state index contributed by atoms with van der Waals surface area (Å²) in [5.74, 6) is 0.161. The zero-order valence-electron chi connectivity index (χ0n) is 9.62. The van der Waals surface area contributed by atoms with Gasteiger partial charge in [-0.25, -0.2) is 0 Å². The van der Waals surface area contributed by atoms with Crippen molar-refractivity contribution in [2.75, 3.05) is 0 Å². The van der Waals surface area contributed by atoms with Crippen LogP contribution in [-0.4, -0.2) is 11.8 Å². The maximum absolute atomic E-state index is 11.8. The van der Waals surface area contributed by atoms with Gasteiger partial charge in [-0.3, -0.25) is 4.79 Å². The normalized spacial score (nSPS) is 13.9. The number of rotatable bonds is 4. The van der Waals surface area contributed by atoms with E-state index in [9.17, 15) is 4.79 Å². The molecule has 0 amide bonds. The summed E-state index contributed by atoms with van der Waals surface area (Å²) in [6.45, 7) is 6.00. The van der Waals surface area contributed by atoms with Gasteiger partial charge in [0, 0.05) is 6.42 Å². The molecule has 2 nitrogen and oxygen atoms in total. The standard InChI is InChI=1S/C12H19NOS/c1-12(2,3)11(13)10(14)5-4-9-6-7-15-8-9/h6-8,11H,4-5,13H2,1-3H3. The molecule has 1 rings (SSSR count). The molecule has 1 atom stereocenters. The zero-order chi connectivity index (χ0) is 11.5. The number of carbonyl (C=O) groups is 1. The summed E-state index contributed by atoms with van der Waals surface area (Å²) >= 11 is 1.66. The van der Waals surface area contributed by atoms with Crippen LogP contribution >= 0.6 is 11.3 Å². The van der Waals surface area contributed by atoms with E-state index in [0.717, 1.165) is 6.42 Å². The number of carbonyl (C=O) groups excluding carboxylic acids is 1. The van der Waals surface area contributed by atoms with Crippen molar-refractivity contribution in [1.29, 1.82) is 0 Å². The lowest BCUT2D eigenvalue weighted by molar-refractivity contribution is -0.122. The third kappa shape index (κ3) is 3.76. The molecule has 84 valence electrons. The van der Waals surface area contributed by atoms with Crippen LogP contribution in [0.15, 0.2) is 16.8 Å². The summed E-state index contributed by atoms with van der Waals surface area (Å²) in [4.78, 5) is 11.8. The van der Waals surface area contributed by atoms with E-state index < -0.39 is 0 Å². The number of hydrogen-bond donors (Lipinski definition) is 1. The molecular formula is C12H19NOS. The van der Waals surface area contributed by atoms with Gasteiger partial charge in [0.15, 0.2) is 0 Å². The van der Waals surface area contributed by atoms with Crippen LogP contribution in [0.5, 0.6) is 0 Å². The van der Waals surface area contributed by atoms with Gasteiger partial charge in [-0.15, -0.1) is 0 Å². The first-order valence-electron chi connectivity index (χ1n) is 5.20. The Balaban J connectivity index is 2.43. The molecule has 0 saturated heterocycles. The van der Waals surface area contributed by atoms with E-state index >= 15 is 0 Å². The molecule has 1 unspecified atom stereocenters. The fourth-order valence-corrected chi connectivity index (χ4v) is 2.04. The van der Waals surface area contributed by atoms with E-state index in [0.29, 0.717) is 6.42 Å². The second kappa shape index (κ2) is 4.90. The molecule has 0 aliphatic rings. The van der Waals surface area contributed by atoms with Gasteiger partial charge in [-0.1, -0.05) is 20.8 Å². The van der Waals surface area contributed by atoms with Gasteiger partial charge >= 0.3 is 0 Å². The highest BCUT2D eigenvalue weighted by atomic mass is 32.1. The summed E-state index contributed by atoms with van der Waals surface area (Å²) < 4.78 is 0. The van der Waals surface area contributed by atoms with E-state index in [4.69, 9.17) is 5.73 Å². The highest BCUT2D eigenvalue weighted by Crippen LogP contribution is 2.19. The van der Waals surface area contributed by atoms with E-state index in [1.807, 2.05) is 26.2 Å². The van der Waals surface area contributed by atoms with Crippen molar-refractivity contribution in [3.05, 3.63) is 22.4 Å². The smallest absolute Gasteiger partial charge is 0.150 e. The van der Waals surface area contributed by atoms with Crippen molar-refractivity contribution in [2.24, 2.45) is 11.1 Å². The average Bonchev–Trinajstić information content (AvgIpc) is 2.63. The first kappa shape index (κ1) is 12.4. The SMILES string of the molecule is CC(C)(C)C(N)C(=O)CCc1ccsc1. The van der Waals surface area contributed by atoms with Crippen LogP contribution in [0.1, 0.15) is 32.8 Å². The van der Waals surface area contributed by atoms with Crippen molar-refractivity contribution in [2.45, 2.75) is 39.7 Å². The minimum atomic E-state index is -0.351. The van der Waals surface area contributed by atoms with Gasteiger partial charge in [0.25, 0.3) is 0 Å². The molecule has 0 radical (unpaired) electrons. The quantitative estimate of drug-likeness (QED) is 0.856. The Bertz CT molecular complexity index is 311. The van der Waals surface area contributed by atoms with Gasteiger partial charge < -0.3 is 5.73 Å². The molecule has 3 heteroatoms. The Labute approximate surface area is 95.5 Å². The summed E-state index contributed by atoms with van der Waals surface area (Å²) in [5.41, 5.74) is 6.98. The van der Waals surface area contributed by atoms with Crippen molar-refractivity contribution >= 4 is 17.1 Å². The molecule has 0 aliphatic carbocycles. The second-order valence-electron chi connectivity index (χ2n) is 4.94. The predicted octanol–water partition coefficient (Wildman–Crippen LogP) is 2.62. The van der Waals surface area contributed by atoms with Crippen LogP contribution in [0.4, 0.5) is 0 Å². The number of Topliss-reactive ketones (excluding diaryl/α,β-unsaturated/α-hetero) is 1. The molecule has 0 spiro atoms. The molecular weight excluding hydrogens is 206 g/mol. The van der Waals surface area contributed by atoms with Crippen LogP contribution in [0.2, 0.25) is 0 Å². The molecule has 2 N–H and O–H groups in total. The van der Waals surface area contributed by atoms with Crippen LogP contribution in [-0.2, 0) is 11.2 Å². The van der Waals surface area contributed by atoms with Crippen molar-refractivity contribution in [1.82, 2.24) is 0 Å². The van der Waals surface area contributed by atoms with E-state index in [2.05, 4.69) is 11.4 Å². The molecule has 0 aromatic carbocycles. The lowest BCUT2D eigenvalue weighted by Crippen LogP contribution is -2.42. The van der Waals surface area contributed by atoms with Gasteiger partial charge in [0.1, 0.15) is 5.78 Å². The molecule has 1 heterocycles. The number of nitrogens with two attached hydrogens (primary N) is 1. The summed E-state index contributed by atoms with van der Waals surface area (Å²) in [5, 5.41) is 4.11. The zero-order valence-corrected chi connectivity index (χ0v) is 10.4. The second-order valence-corrected chi connectivity index (χ2v) is 5.72. The van der Waals surface area contributed by atoms with Crippen molar-refractivity contribution in [3.8, 4) is 0 Å². The van der Waals surface area contributed by atoms with Crippen LogP contribution in [0.3, 0.4) is 0 Å².